The highest BCUT2D eigenvalue weighted by molar-refractivity contribution is 7.11. The summed E-state index contributed by atoms with van der Waals surface area (Å²) in [6.45, 7) is 4.96. The smallest absolute Gasteiger partial charge is 0.109 e. The van der Waals surface area contributed by atoms with Crippen LogP contribution in [0, 0.1) is 6.92 Å². The molecule has 0 spiro atoms. The Bertz CT molecular complexity index is 764. The summed E-state index contributed by atoms with van der Waals surface area (Å²) in [6, 6.07) is 12.7. The van der Waals surface area contributed by atoms with Crippen LogP contribution < -0.4 is 11.1 Å². The molecule has 0 bridgehead atoms. The molecular weight excluding hydrogens is 278 g/mol. The van der Waals surface area contributed by atoms with Crippen LogP contribution in [0.3, 0.4) is 0 Å². The van der Waals surface area contributed by atoms with Gasteiger partial charge in [0.25, 0.3) is 0 Å². The molecule has 3 N–H and O–H groups in total. The minimum atomic E-state index is 0.231. The second kappa shape index (κ2) is 5.84. The van der Waals surface area contributed by atoms with Gasteiger partial charge in [0.05, 0.1) is 6.04 Å². The molecule has 0 aliphatic carbocycles. The maximum Gasteiger partial charge on any atom is 0.109 e. The van der Waals surface area contributed by atoms with Crippen molar-refractivity contribution in [2.24, 2.45) is 0 Å². The molecule has 1 heterocycles. The van der Waals surface area contributed by atoms with E-state index in [-0.39, 0.29) is 6.04 Å². The lowest BCUT2D eigenvalue weighted by Crippen LogP contribution is -2.18. The molecule has 1 unspecified atom stereocenters. The highest BCUT2D eigenvalue weighted by Gasteiger charge is 2.10. The summed E-state index contributed by atoms with van der Waals surface area (Å²) < 4.78 is 0. The van der Waals surface area contributed by atoms with E-state index in [0.29, 0.717) is 0 Å². The summed E-state index contributed by atoms with van der Waals surface area (Å²) in [5.74, 6) is 0. The molecule has 0 amide bonds. The Labute approximate surface area is 128 Å². The molecule has 3 nitrogen and oxygen atoms in total. The number of rotatable bonds is 4. The van der Waals surface area contributed by atoms with Crippen molar-refractivity contribution in [1.29, 1.82) is 0 Å². The number of fused-ring (bicyclic) bond motifs is 1. The third-order valence-electron chi connectivity index (χ3n) is 3.62. The predicted molar refractivity (Wildman–Crippen MR) is 90.5 cm³/mol. The van der Waals surface area contributed by atoms with Gasteiger partial charge in [0.15, 0.2) is 0 Å². The zero-order chi connectivity index (χ0) is 14.8. The third kappa shape index (κ3) is 3.06. The lowest BCUT2D eigenvalue weighted by molar-refractivity contribution is 0.573. The maximum atomic E-state index is 6.16. The van der Waals surface area contributed by atoms with Crippen molar-refractivity contribution in [3.8, 4) is 0 Å². The van der Waals surface area contributed by atoms with Gasteiger partial charge in [0, 0.05) is 23.3 Å². The highest BCUT2D eigenvalue weighted by atomic mass is 32.1. The van der Waals surface area contributed by atoms with Crippen LogP contribution in [0.25, 0.3) is 10.8 Å². The maximum absolute atomic E-state index is 6.16. The molecule has 0 aliphatic heterocycles. The Kier molecular flexibility index (Phi) is 3.90. The van der Waals surface area contributed by atoms with Gasteiger partial charge in [0.2, 0.25) is 0 Å². The van der Waals surface area contributed by atoms with E-state index in [1.54, 1.807) is 11.3 Å². The topological polar surface area (TPSA) is 50.9 Å². The molecule has 21 heavy (non-hydrogen) atoms. The Morgan fingerprint density at radius 1 is 1.24 bits per heavy atom. The van der Waals surface area contributed by atoms with Gasteiger partial charge in [-0.15, -0.1) is 11.3 Å². The second-order valence-corrected chi connectivity index (χ2v) is 6.58. The van der Waals surface area contributed by atoms with Gasteiger partial charge in [-0.05, 0) is 42.3 Å². The summed E-state index contributed by atoms with van der Waals surface area (Å²) in [5, 5.41) is 7.03. The molecule has 0 fully saturated rings. The van der Waals surface area contributed by atoms with E-state index in [1.807, 2.05) is 18.3 Å². The number of nitrogens with one attached hydrogen (secondary N) is 1. The fourth-order valence-electron chi connectivity index (χ4n) is 2.38. The molecule has 0 saturated heterocycles. The van der Waals surface area contributed by atoms with Gasteiger partial charge in [-0.2, -0.15) is 0 Å². The quantitative estimate of drug-likeness (QED) is 0.715. The molecule has 0 aliphatic rings. The lowest BCUT2D eigenvalue weighted by atomic mass is 10.0. The van der Waals surface area contributed by atoms with E-state index in [2.05, 4.69) is 48.4 Å². The lowest BCUT2D eigenvalue weighted by Gasteiger charge is -2.13. The standard InChI is InChI=1S/C17H19N3S/c1-11-9-20-17(21-11)12(2)19-10-15-7-13-5-3-4-6-14(13)8-16(15)18/h3-9,12,19H,10,18H2,1-2H3. The van der Waals surface area contributed by atoms with Gasteiger partial charge in [-0.1, -0.05) is 24.3 Å². The fraction of sp³-hybridized carbons (Fsp3) is 0.235. The number of nitrogens with zero attached hydrogens (tertiary/aromatic N) is 1. The summed E-state index contributed by atoms with van der Waals surface area (Å²) in [7, 11) is 0. The van der Waals surface area contributed by atoms with Crippen LogP contribution in [0.1, 0.15) is 28.4 Å². The third-order valence-corrected chi connectivity index (χ3v) is 4.71. The second-order valence-electron chi connectivity index (χ2n) is 5.31. The molecule has 108 valence electrons. The Morgan fingerprint density at radius 3 is 2.62 bits per heavy atom. The van der Waals surface area contributed by atoms with Crippen LogP contribution in [0.2, 0.25) is 0 Å². The largest absolute Gasteiger partial charge is 0.398 e. The van der Waals surface area contributed by atoms with E-state index in [1.165, 1.54) is 15.6 Å². The molecule has 3 rings (SSSR count). The number of nitrogens with two attached hydrogens (primary N) is 1. The van der Waals surface area contributed by atoms with E-state index in [9.17, 15) is 0 Å². The first-order valence-electron chi connectivity index (χ1n) is 7.06. The number of anilines is 1. The van der Waals surface area contributed by atoms with Gasteiger partial charge >= 0.3 is 0 Å². The Hall–Kier alpha value is -1.91. The minimum absolute atomic E-state index is 0.231. The van der Waals surface area contributed by atoms with Crippen LogP contribution in [0.15, 0.2) is 42.6 Å². The average Bonchev–Trinajstić information content (AvgIpc) is 2.91. The molecular formula is C17H19N3S. The van der Waals surface area contributed by atoms with E-state index in [0.717, 1.165) is 22.8 Å². The number of aryl methyl sites for hydroxylation is 1. The van der Waals surface area contributed by atoms with Crippen molar-refractivity contribution in [3.05, 3.63) is 58.0 Å². The zero-order valence-corrected chi connectivity index (χ0v) is 13.1. The summed E-state index contributed by atoms with van der Waals surface area (Å²) in [6.07, 6.45) is 1.92. The van der Waals surface area contributed by atoms with Crippen LogP contribution in [-0.2, 0) is 6.54 Å². The van der Waals surface area contributed by atoms with E-state index in [4.69, 9.17) is 5.73 Å². The van der Waals surface area contributed by atoms with Crippen molar-refractivity contribution in [3.63, 3.8) is 0 Å². The molecule has 1 aromatic heterocycles. The number of hydrogen-bond acceptors (Lipinski definition) is 4. The van der Waals surface area contributed by atoms with Crippen molar-refractivity contribution in [2.45, 2.75) is 26.4 Å². The number of thiazole rings is 1. The predicted octanol–water partition coefficient (Wildman–Crippen LogP) is 4.04. The summed E-state index contributed by atoms with van der Waals surface area (Å²) >= 11 is 1.73. The molecule has 0 radical (unpaired) electrons. The number of hydrogen-bond donors (Lipinski definition) is 2. The molecule has 3 aromatic rings. The first-order chi connectivity index (χ1) is 10.1. The van der Waals surface area contributed by atoms with Crippen molar-refractivity contribution in [1.82, 2.24) is 10.3 Å². The zero-order valence-electron chi connectivity index (χ0n) is 12.3. The van der Waals surface area contributed by atoms with Crippen LogP contribution >= 0.6 is 11.3 Å². The number of benzene rings is 2. The summed E-state index contributed by atoms with van der Waals surface area (Å²) in [5.41, 5.74) is 8.13. The Balaban J connectivity index is 1.77. The fourth-order valence-corrected chi connectivity index (χ4v) is 3.18. The molecule has 1 atom stereocenters. The average molecular weight is 297 g/mol. The van der Waals surface area contributed by atoms with Crippen LogP contribution in [-0.4, -0.2) is 4.98 Å². The number of nitrogen functional groups attached to an aromatic ring is 1. The SMILES string of the molecule is Cc1cnc(C(C)NCc2cc3ccccc3cc2N)s1. The highest BCUT2D eigenvalue weighted by Crippen LogP contribution is 2.23. The molecule has 2 aromatic carbocycles. The van der Waals surface area contributed by atoms with Gasteiger partial charge in [0.1, 0.15) is 5.01 Å². The normalized spacial score (nSPS) is 12.7. The van der Waals surface area contributed by atoms with Crippen molar-refractivity contribution < 1.29 is 0 Å². The molecule has 4 heteroatoms. The van der Waals surface area contributed by atoms with Crippen LogP contribution in [0.4, 0.5) is 5.69 Å². The van der Waals surface area contributed by atoms with Gasteiger partial charge in [-0.3, -0.25) is 0 Å². The van der Waals surface area contributed by atoms with Crippen molar-refractivity contribution >= 4 is 27.8 Å². The van der Waals surface area contributed by atoms with E-state index < -0.39 is 0 Å². The molecule has 0 saturated carbocycles. The van der Waals surface area contributed by atoms with Crippen molar-refractivity contribution in [2.75, 3.05) is 5.73 Å². The minimum Gasteiger partial charge on any atom is -0.398 e. The first kappa shape index (κ1) is 14.0. The van der Waals surface area contributed by atoms with Gasteiger partial charge in [-0.25, -0.2) is 4.98 Å². The summed E-state index contributed by atoms with van der Waals surface area (Å²) in [4.78, 5) is 5.66. The number of aromatic nitrogens is 1. The first-order valence-corrected chi connectivity index (χ1v) is 7.88. The Morgan fingerprint density at radius 2 is 1.95 bits per heavy atom. The van der Waals surface area contributed by atoms with Gasteiger partial charge < -0.3 is 11.1 Å². The monoisotopic (exact) mass is 297 g/mol. The van der Waals surface area contributed by atoms with E-state index >= 15 is 0 Å². The van der Waals surface area contributed by atoms with Crippen LogP contribution in [0.5, 0.6) is 0 Å².